The van der Waals surface area contributed by atoms with Crippen LogP contribution in [0.1, 0.15) is 0 Å². The fourth-order valence-electron chi connectivity index (χ4n) is 1.52. The summed E-state index contributed by atoms with van der Waals surface area (Å²) in [5.41, 5.74) is 2.03. The summed E-state index contributed by atoms with van der Waals surface area (Å²) in [6, 6.07) is 6.00. The number of hydrogen-bond donors (Lipinski definition) is 3. The molecule has 86 valence electrons. The standard InChI is InChI=1S/C11H12BrClN2O/c12-10-4-8(15-6-9(16)5-13)3-7-1-2-14-11(7)10/h1-4,9,14-16H,5-6H2. The van der Waals surface area contributed by atoms with E-state index in [0.29, 0.717) is 6.54 Å². The summed E-state index contributed by atoms with van der Waals surface area (Å²) in [6.45, 7) is 0.450. The number of aliphatic hydroxyl groups excluding tert-OH is 1. The Morgan fingerprint density at radius 3 is 3.06 bits per heavy atom. The highest BCUT2D eigenvalue weighted by molar-refractivity contribution is 9.10. The number of benzene rings is 1. The number of aliphatic hydroxyl groups is 1. The van der Waals surface area contributed by atoms with Crippen LogP contribution in [0.3, 0.4) is 0 Å². The number of rotatable bonds is 4. The van der Waals surface area contributed by atoms with Gasteiger partial charge in [-0.05, 0) is 34.1 Å². The lowest BCUT2D eigenvalue weighted by Crippen LogP contribution is -2.20. The Hall–Kier alpha value is -0.710. The summed E-state index contributed by atoms with van der Waals surface area (Å²) in [5.74, 6) is 0.237. The van der Waals surface area contributed by atoms with Crippen molar-refractivity contribution in [2.75, 3.05) is 17.7 Å². The third-order valence-electron chi connectivity index (χ3n) is 2.33. The van der Waals surface area contributed by atoms with Crippen molar-refractivity contribution >= 4 is 44.1 Å². The Kier molecular flexibility index (Phi) is 3.74. The quantitative estimate of drug-likeness (QED) is 0.761. The minimum atomic E-state index is -0.526. The normalized spacial score (nSPS) is 12.9. The van der Waals surface area contributed by atoms with Gasteiger partial charge in [-0.2, -0.15) is 0 Å². The zero-order chi connectivity index (χ0) is 11.5. The van der Waals surface area contributed by atoms with Crippen LogP contribution in [0.2, 0.25) is 0 Å². The molecule has 5 heteroatoms. The fourth-order valence-corrected chi connectivity index (χ4v) is 2.22. The molecule has 0 fully saturated rings. The number of halogens is 2. The van der Waals surface area contributed by atoms with E-state index in [0.717, 1.165) is 21.1 Å². The molecular weight excluding hydrogens is 291 g/mol. The van der Waals surface area contributed by atoms with Gasteiger partial charge in [0.15, 0.2) is 0 Å². The number of aromatic amines is 1. The highest BCUT2D eigenvalue weighted by atomic mass is 79.9. The van der Waals surface area contributed by atoms with Crippen LogP contribution in [0, 0.1) is 0 Å². The lowest BCUT2D eigenvalue weighted by Gasteiger charge is -2.10. The van der Waals surface area contributed by atoms with Gasteiger partial charge in [0.05, 0.1) is 17.5 Å². The summed E-state index contributed by atoms with van der Waals surface area (Å²) in [5, 5.41) is 13.6. The van der Waals surface area contributed by atoms with Crippen LogP contribution in [-0.4, -0.2) is 28.6 Å². The van der Waals surface area contributed by atoms with E-state index in [2.05, 4.69) is 26.2 Å². The summed E-state index contributed by atoms with van der Waals surface area (Å²) in [7, 11) is 0. The third kappa shape index (κ3) is 2.51. The molecule has 0 bridgehead atoms. The van der Waals surface area contributed by atoms with Crippen LogP contribution in [0.5, 0.6) is 0 Å². The number of H-pyrrole nitrogens is 1. The molecule has 3 N–H and O–H groups in total. The molecule has 16 heavy (non-hydrogen) atoms. The molecule has 0 aliphatic rings. The van der Waals surface area contributed by atoms with Crippen molar-refractivity contribution in [3.63, 3.8) is 0 Å². The zero-order valence-electron chi connectivity index (χ0n) is 8.50. The fraction of sp³-hybridized carbons (Fsp3) is 0.273. The molecule has 1 heterocycles. The SMILES string of the molecule is OC(CCl)CNc1cc(Br)c2[nH]ccc2c1. The Bertz CT molecular complexity index is 486. The van der Waals surface area contributed by atoms with Crippen molar-refractivity contribution in [3.05, 3.63) is 28.9 Å². The number of nitrogens with one attached hydrogen (secondary N) is 2. The van der Waals surface area contributed by atoms with E-state index >= 15 is 0 Å². The zero-order valence-corrected chi connectivity index (χ0v) is 10.8. The van der Waals surface area contributed by atoms with Crippen LogP contribution < -0.4 is 5.32 Å². The van der Waals surface area contributed by atoms with Gasteiger partial charge in [-0.1, -0.05) is 0 Å². The van der Waals surface area contributed by atoms with Crippen LogP contribution in [0.15, 0.2) is 28.9 Å². The van der Waals surface area contributed by atoms with Gasteiger partial charge in [-0.15, -0.1) is 11.6 Å². The molecule has 3 nitrogen and oxygen atoms in total. The molecule has 0 aliphatic heterocycles. The average Bonchev–Trinajstić information content (AvgIpc) is 2.74. The Balaban J connectivity index is 2.18. The van der Waals surface area contributed by atoms with Crippen molar-refractivity contribution in [1.29, 1.82) is 0 Å². The lowest BCUT2D eigenvalue weighted by molar-refractivity contribution is 0.211. The molecule has 1 aromatic carbocycles. The van der Waals surface area contributed by atoms with Crippen molar-refractivity contribution < 1.29 is 5.11 Å². The predicted molar refractivity (Wildman–Crippen MR) is 71.2 cm³/mol. The van der Waals surface area contributed by atoms with Crippen molar-refractivity contribution in [1.82, 2.24) is 4.98 Å². The number of anilines is 1. The molecular formula is C11H12BrClN2O. The van der Waals surface area contributed by atoms with E-state index in [1.165, 1.54) is 0 Å². The van der Waals surface area contributed by atoms with Crippen LogP contribution >= 0.6 is 27.5 Å². The molecule has 0 saturated carbocycles. The Morgan fingerprint density at radius 1 is 1.50 bits per heavy atom. The second-order valence-corrected chi connectivity index (χ2v) is 4.75. The second-order valence-electron chi connectivity index (χ2n) is 3.59. The number of aromatic nitrogens is 1. The third-order valence-corrected chi connectivity index (χ3v) is 3.31. The summed E-state index contributed by atoms with van der Waals surface area (Å²) >= 11 is 9.01. The molecule has 1 unspecified atom stereocenters. The first kappa shape index (κ1) is 11.8. The van der Waals surface area contributed by atoms with Gasteiger partial charge in [0.25, 0.3) is 0 Å². The monoisotopic (exact) mass is 302 g/mol. The minimum Gasteiger partial charge on any atom is -0.390 e. The van der Waals surface area contributed by atoms with E-state index in [1.807, 2.05) is 24.4 Å². The molecule has 0 saturated heterocycles. The summed E-state index contributed by atoms with van der Waals surface area (Å²) < 4.78 is 0.998. The molecule has 2 rings (SSSR count). The predicted octanol–water partition coefficient (Wildman–Crippen LogP) is 2.94. The topological polar surface area (TPSA) is 48.0 Å². The van der Waals surface area contributed by atoms with Crippen LogP contribution in [0.25, 0.3) is 10.9 Å². The van der Waals surface area contributed by atoms with Gasteiger partial charge in [-0.25, -0.2) is 0 Å². The van der Waals surface area contributed by atoms with E-state index in [1.54, 1.807) is 0 Å². The molecule has 1 aromatic heterocycles. The van der Waals surface area contributed by atoms with E-state index < -0.39 is 6.10 Å². The van der Waals surface area contributed by atoms with Gasteiger partial charge in [-0.3, -0.25) is 0 Å². The first-order valence-electron chi connectivity index (χ1n) is 4.95. The highest BCUT2D eigenvalue weighted by Gasteiger charge is 2.05. The summed E-state index contributed by atoms with van der Waals surface area (Å²) in [4.78, 5) is 3.15. The van der Waals surface area contributed by atoms with Gasteiger partial charge < -0.3 is 15.4 Å². The maximum Gasteiger partial charge on any atom is 0.0847 e. The largest absolute Gasteiger partial charge is 0.390 e. The lowest BCUT2D eigenvalue weighted by atomic mass is 10.2. The van der Waals surface area contributed by atoms with Crippen molar-refractivity contribution in [3.8, 4) is 0 Å². The van der Waals surface area contributed by atoms with Crippen molar-refractivity contribution in [2.45, 2.75) is 6.10 Å². The summed E-state index contributed by atoms with van der Waals surface area (Å²) in [6.07, 6.45) is 1.37. The number of hydrogen-bond acceptors (Lipinski definition) is 2. The van der Waals surface area contributed by atoms with Crippen LogP contribution in [0.4, 0.5) is 5.69 Å². The average molecular weight is 304 g/mol. The van der Waals surface area contributed by atoms with Gasteiger partial charge in [0.1, 0.15) is 0 Å². The number of alkyl halides is 1. The van der Waals surface area contributed by atoms with Crippen LogP contribution in [-0.2, 0) is 0 Å². The molecule has 1 atom stereocenters. The van der Waals surface area contributed by atoms with Gasteiger partial charge in [0.2, 0.25) is 0 Å². The first-order valence-corrected chi connectivity index (χ1v) is 6.28. The maximum atomic E-state index is 9.35. The molecule has 0 amide bonds. The van der Waals surface area contributed by atoms with E-state index in [9.17, 15) is 5.11 Å². The van der Waals surface area contributed by atoms with Crippen molar-refractivity contribution in [2.24, 2.45) is 0 Å². The Morgan fingerprint density at radius 2 is 2.31 bits per heavy atom. The van der Waals surface area contributed by atoms with Gasteiger partial charge in [0, 0.05) is 28.3 Å². The maximum absolute atomic E-state index is 9.35. The van der Waals surface area contributed by atoms with E-state index in [-0.39, 0.29) is 5.88 Å². The highest BCUT2D eigenvalue weighted by Crippen LogP contribution is 2.27. The smallest absolute Gasteiger partial charge is 0.0847 e. The molecule has 0 spiro atoms. The molecule has 0 radical (unpaired) electrons. The van der Waals surface area contributed by atoms with Gasteiger partial charge >= 0.3 is 0 Å². The second kappa shape index (κ2) is 5.08. The number of fused-ring (bicyclic) bond motifs is 1. The van der Waals surface area contributed by atoms with E-state index in [4.69, 9.17) is 11.6 Å². The molecule has 2 aromatic rings. The minimum absolute atomic E-state index is 0.237. The Labute approximate surface area is 107 Å². The molecule has 0 aliphatic carbocycles. The first-order chi connectivity index (χ1) is 7.70.